The largest absolute Gasteiger partial charge is 0.478 e. The Hall–Kier alpha value is -2.88. The van der Waals surface area contributed by atoms with E-state index in [-0.39, 0.29) is 11.1 Å². The summed E-state index contributed by atoms with van der Waals surface area (Å²) in [7, 11) is 0. The molecule has 4 nitrogen and oxygen atoms in total. The molecule has 0 aliphatic carbocycles. The third-order valence-electron chi connectivity index (χ3n) is 2.84. The minimum Gasteiger partial charge on any atom is -0.478 e. The van der Waals surface area contributed by atoms with Crippen LogP contribution in [0.15, 0.2) is 60.7 Å². The van der Waals surface area contributed by atoms with Crippen LogP contribution in [-0.2, 0) is 9.59 Å². The maximum absolute atomic E-state index is 11.7. The second-order valence-corrected chi connectivity index (χ2v) is 4.15. The molecule has 2 rings (SSSR count). The molecular formula is C16H13NO3. The minimum absolute atomic E-state index is 0.00398. The zero-order chi connectivity index (χ0) is 14.5. The van der Waals surface area contributed by atoms with Gasteiger partial charge in [-0.05, 0) is 11.1 Å². The molecule has 0 aliphatic heterocycles. The summed E-state index contributed by atoms with van der Waals surface area (Å²) in [5, 5.41) is 9.44. The number of amides is 1. The summed E-state index contributed by atoms with van der Waals surface area (Å²) in [5.74, 6) is -1.95. The van der Waals surface area contributed by atoms with Crippen LogP contribution in [0.5, 0.6) is 0 Å². The first kappa shape index (κ1) is 13.5. The van der Waals surface area contributed by atoms with Crippen molar-refractivity contribution in [3.8, 4) is 0 Å². The van der Waals surface area contributed by atoms with Crippen LogP contribution in [0, 0.1) is 0 Å². The zero-order valence-corrected chi connectivity index (χ0v) is 10.6. The SMILES string of the molecule is NC(=O)/C(=C(\C(=O)O)c1ccccc1)c1ccccc1. The van der Waals surface area contributed by atoms with E-state index in [1.807, 2.05) is 0 Å². The number of aliphatic carboxylic acids is 1. The predicted octanol–water partition coefficient (Wildman–Crippen LogP) is 2.17. The highest BCUT2D eigenvalue weighted by atomic mass is 16.4. The highest BCUT2D eigenvalue weighted by Gasteiger charge is 2.21. The maximum Gasteiger partial charge on any atom is 0.337 e. The van der Waals surface area contributed by atoms with Gasteiger partial charge in [0.25, 0.3) is 0 Å². The van der Waals surface area contributed by atoms with Gasteiger partial charge in [0, 0.05) is 0 Å². The lowest BCUT2D eigenvalue weighted by Crippen LogP contribution is -2.17. The van der Waals surface area contributed by atoms with Crippen molar-refractivity contribution in [2.45, 2.75) is 0 Å². The van der Waals surface area contributed by atoms with Crippen LogP contribution in [0.3, 0.4) is 0 Å². The van der Waals surface area contributed by atoms with Crippen LogP contribution in [0.4, 0.5) is 0 Å². The number of primary amides is 1. The van der Waals surface area contributed by atoms with Crippen LogP contribution in [0.25, 0.3) is 11.1 Å². The molecule has 100 valence electrons. The Morgan fingerprint density at radius 3 is 1.50 bits per heavy atom. The van der Waals surface area contributed by atoms with Crippen LogP contribution in [0.2, 0.25) is 0 Å². The number of hydrogen-bond donors (Lipinski definition) is 2. The number of hydrogen-bond acceptors (Lipinski definition) is 2. The van der Waals surface area contributed by atoms with Crippen LogP contribution >= 0.6 is 0 Å². The number of nitrogens with two attached hydrogens (primary N) is 1. The van der Waals surface area contributed by atoms with Gasteiger partial charge >= 0.3 is 5.97 Å². The van der Waals surface area contributed by atoms with E-state index in [0.717, 1.165) is 0 Å². The first-order valence-corrected chi connectivity index (χ1v) is 5.99. The van der Waals surface area contributed by atoms with Gasteiger partial charge < -0.3 is 10.8 Å². The van der Waals surface area contributed by atoms with E-state index in [0.29, 0.717) is 11.1 Å². The fourth-order valence-electron chi connectivity index (χ4n) is 1.99. The van der Waals surface area contributed by atoms with E-state index in [1.165, 1.54) is 0 Å². The van der Waals surface area contributed by atoms with Crippen molar-refractivity contribution in [3.63, 3.8) is 0 Å². The van der Waals surface area contributed by atoms with Crippen molar-refractivity contribution in [3.05, 3.63) is 71.8 Å². The standard InChI is InChI=1S/C16H13NO3/c17-15(18)13(11-7-3-1-4-8-11)14(16(19)20)12-9-5-2-6-10-12/h1-10H,(H2,17,18)(H,19,20)/b14-13-. The van der Waals surface area contributed by atoms with Gasteiger partial charge in [-0.15, -0.1) is 0 Å². The van der Waals surface area contributed by atoms with Gasteiger partial charge in [-0.1, -0.05) is 60.7 Å². The zero-order valence-electron chi connectivity index (χ0n) is 10.6. The number of carboxylic acid groups (broad SMARTS) is 1. The van der Waals surface area contributed by atoms with E-state index in [9.17, 15) is 14.7 Å². The smallest absolute Gasteiger partial charge is 0.337 e. The number of carbonyl (C=O) groups excluding carboxylic acids is 1. The average Bonchev–Trinajstić information content (AvgIpc) is 2.45. The van der Waals surface area contributed by atoms with E-state index < -0.39 is 11.9 Å². The Kier molecular flexibility index (Phi) is 3.96. The molecule has 0 saturated heterocycles. The highest BCUT2D eigenvalue weighted by molar-refractivity contribution is 6.37. The Labute approximate surface area is 116 Å². The highest BCUT2D eigenvalue weighted by Crippen LogP contribution is 2.26. The molecule has 0 spiro atoms. The topological polar surface area (TPSA) is 80.4 Å². The minimum atomic E-state index is -1.19. The van der Waals surface area contributed by atoms with Gasteiger partial charge in [-0.25, -0.2) is 4.79 Å². The van der Waals surface area contributed by atoms with Crippen molar-refractivity contribution < 1.29 is 14.7 Å². The molecule has 0 heterocycles. The quantitative estimate of drug-likeness (QED) is 0.658. The molecule has 2 aromatic carbocycles. The van der Waals surface area contributed by atoms with Crippen molar-refractivity contribution in [2.24, 2.45) is 5.73 Å². The van der Waals surface area contributed by atoms with Gasteiger partial charge in [0.15, 0.2) is 0 Å². The molecule has 0 unspecified atom stereocenters. The number of carbonyl (C=O) groups is 2. The third-order valence-corrected chi connectivity index (χ3v) is 2.84. The Morgan fingerprint density at radius 2 is 1.15 bits per heavy atom. The molecule has 0 fully saturated rings. The molecule has 1 amide bonds. The van der Waals surface area contributed by atoms with Crippen LogP contribution in [0.1, 0.15) is 11.1 Å². The molecule has 0 aromatic heterocycles. The van der Waals surface area contributed by atoms with E-state index >= 15 is 0 Å². The lowest BCUT2D eigenvalue weighted by molar-refractivity contribution is -0.130. The monoisotopic (exact) mass is 267 g/mol. The lowest BCUT2D eigenvalue weighted by atomic mass is 9.94. The van der Waals surface area contributed by atoms with Crippen LogP contribution in [-0.4, -0.2) is 17.0 Å². The van der Waals surface area contributed by atoms with E-state index in [1.54, 1.807) is 60.7 Å². The Balaban J connectivity index is 2.74. The molecule has 3 N–H and O–H groups in total. The molecule has 20 heavy (non-hydrogen) atoms. The van der Waals surface area contributed by atoms with Crippen LogP contribution < -0.4 is 5.73 Å². The molecule has 0 aliphatic rings. The molecular weight excluding hydrogens is 254 g/mol. The molecule has 0 radical (unpaired) electrons. The fraction of sp³-hybridized carbons (Fsp3) is 0. The lowest BCUT2D eigenvalue weighted by Gasteiger charge is -2.10. The van der Waals surface area contributed by atoms with E-state index in [2.05, 4.69) is 0 Å². The van der Waals surface area contributed by atoms with Gasteiger partial charge in [-0.2, -0.15) is 0 Å². The maximum atomic E-state index is 11.7. The summed E-state index contributed by atoms with van der Waals surface area (Å²) in [5.41, 5.74) is 6.22. The number of benzene rings is 2. The summed E-state index contributed by atoms with van der Waals surface area (Å²) in [6, 6.07) is 17.0. The normalized spacial score (nSPS) is 11.6. The Morgan fingerprint density at radius 1 is 0.750 bits per heavy atom. The van der Waals surface area contributed by atoms with E-state index in [4.69, 9.17) is 5.73 Å². The second kappa shape index (κ2) is 5.84. The Bertz CT molecular complexity index is 601. The van der Waals surface area contributed by atoms with Gasteiger partial charge in [0.1, 0.15) is 0 Å². The first-order valence-electron chi connectivity index (χ1n) is 5.99. The van der Waals surface area contributed by atoms with Gasteiger partial charge in [-0.3, -0.25) is 4.79 Å². The predicted molar refractivity (Wildman–Crippen MR) is 76.5 cm³/mol. The third kappa shape index (κ3) is 2.75. The van der Waals surface area contributed by atoms with Crippen molar-refractivity contribution in [2.75, 3.05) is 0 Å². The molecule has 4 heteroatoms. The summed E-state index contributed by atoms with van der Waals surface area (Å²) in [4.78, 5) is 23.3. The summed E-state index contributed by atoms with van der Waals surface area (Å²) in [6.45, 7) is 0. The van der Waals surface area contributed by atoms with Gasteiger partial charge in [0.2, 0.25) is 5.91 Å². The molecule has 0 bridgehead atoms. The van der Waals surface area contributed by atoms with Crippen molar-refractivity contribution in [1.82, 2.24) is 0 Å². The van der Waals surface area contributed by atoms with Gasteiger partial charge in [0.05, 0.1) is 11.1 Å². The summed E-state index contributed by atoms with van der Waals surface area (Å²) < 4.78 is 0. The second-order valence-electron chi connectivity index (χ2n) is 4.15. The molecule has 0 saturated carbocycles. The average molecular weight is 267 g/mol. The van der Waals surface area contributed by atoms with Crippen molar-refractivity contribution in [1.29, 1.82) is 0 Å². The summed E-state index contributed by atoms with van der Waals surface area (Å²) >= 11 is 0. The molecule has 2 aromatic rings. The summed E-state index contributed by atoms with van der Waals surface area (Å²) in [6.07, 6.45) is 0. The number of carboxylic acids is 1. The first-order chi connectivity index (χ1) is 9.61. The van der Waals surface area contributed by atoms with Crippen molar-refractivity contribution >= 4 is 23.0 Å². The number of rotatable bonds is 4. The fourth-order valence-corrected chi connectivity index (χ4v) is 1.99. The molecule has 0 atom stereocenters.